The van der Waals surface area contributed by atoms with E-state index in [0.29, 0.717) is 0 Å². The number of fused-ring (bicyclic) bond motifs is 1. The van der Waals surface area contributed by atoms with Gasteiger partial charge in [0.25, 0.3) is 0 Å². The lowest BCUT2D eigenvalue weighted by atomic mass is 10.0. The predicted molar refractivity (Wildman–Crippen MR) is 72.3 cm³/mol. The maximum atomic E-state index is 5.55. The van der Waals surface area contributed by atoms with Crippen LogP contribution in [0.4, 0.5) is 5.95 Å². The van der Waals surface area contributed by atoms with Crippen molar-refractivity contribution in [3.8, 4) is 0 Å². The van der Waals surface area contributed by atoms with E-state index >= 15 is 0 Å². The Morgan fingerprint density at radius 1 is 1.37 bits per heavy atom. The van der Waals surface area contributed by atoms with Gasteiger partial charge in [0.2, 0.25) is 5.95 Å². The summed E-state index contributed by atoms with van der Waals surface area (Å²) >= 11 is 0. The summed E-state index contributed by atoms with van der Waals surface area (Å²) in [6, 6.07) is 3.84. The van der Waals surface area contributed by atoms with Gasteiger partial charge in [0, 0.05) is 18.0 Å². The zero-order valence-electron chi connectivity index (χ0n) is 10.4. The van der Waals surface area contributed by atoms with Crippen molar-refractivity contribution in [2.24, 2.45) is 0 Å². The molecule has 3 aromatic rings. The number of nitrogens with zero attached hydrogens (tertiary/aromatic N) is 5. The number of hydrogen-bond acceptors (Lipinski definition) is 5. The van der Waals surface area contributed by atoms with E-state index in [0.717, 1.165) is 28.0 Å². The molecule has 3 heterocycles. The first kappa shape index (κ1) is 11.3. The average Bonchev–Trinajstić information content (AvgIpc) is 2.85. The zero-order chi connectivity index (χ0) is 13.4. The second kappa shape index (κ2) is 4.16. The predicted octanol–water partition coefficient (Wildman–Crippen LogP) is 1.47. The zero-order valence-corrected chi connectivity index (χ0v) is 10.4. The first-order chi connectivity index (χ1) is 9.15. The van der Waals surface area contributed by atoms with Gasteiger partial charge in [-0.1, -0.05) is 6.58 Å². The minimum Gasteiger partial charge on any atom is -0.368 e. The lowest BCUT2D eigenvalue weighted by Gasteiger charge is -2.09. The van der Waals surface area contributed by atoms with Crippen LogP contribution >= 0.6 is 0 Å². The minimum atomic E-state index is 0.267. The number of aromatic nitrogens is 5. The summed E-state index contributed by atoms with van der Waals surface area (Å²) < 4.78 is 1.84. The molecule has 94 valence electrons. The van der Waals surface area contributed by atoms with Crippen LogP contribution in [0.5, 0.6) is 0 Å². The van der Waals surface area contributed by atoms with Crippen molar-refractivity contribution >= 4 is 17.2 Å². The Morgan fingerprint density at radius 3 is 3.00 bits per heavy atom. The second-order valence-electron chi connectivity index (χ2n) is 4.22. The molecule has 3 rings (SSSR count). The number of pyridine rings is 1. The normalized spacial score (nSPS) is 10.8. The smallest absolute Gasteiger partial charge is 0.220 e. The van der Waals surface area contributed by atoms with Crippen LogP contribution in [0, 0.1) is 6.92 Å². The molecule has 0 atom stereocenters. The van der Waals surface area contributed by atoms with Crippen molar-refractivity contribution in [1.82, 2.24) is 24.6 Å². The summed E-state index contributed by atoms with van der Waals surface area (Å²) in [5, 5.41) is 7.81. The third kappa shape index (κ3) is 1.93. The van der Waals surface area contributed by atoms with Crippen molar-refractivity contribution in [2.75, 3.05) is 5.73 Å². The molecule has 0 amide bonds. The second-order valence-corrected chi connectivity index (χ2v) is 4.22. The molecule has 0 aliphatic carbocycles. The molecule has 0 radical (unpaired) electrons. The van der Waals surface area contributed by atoms with E-state index in [1.54, 1.807) is 12.5 Å². The Hall–Kier alpha value is -2.76. The van der Waals surface area contributed by atoms with Crippen LogP contribution in [0.15, 0.2) is 37.4 Å². The highest BCUT2D eigenvalue weighted by Crippen LogP contribution is 2.23. The van der Waals surface area contributed by atoms with Gasteiger partial charge in [-0.05, 0) is 30.2 Å². The molecule has 2 N–H and O–H groups in total. The van der Waals surface area contributed by atoms with Gasteiger partial charge < -0.3 is 5.73 Å². The van der Waals surface area contributed by atoms with Gasteiger partial charge in [0.1, 0.15) is 6.33 Å². The molecular weight excluding hydrogens is 240 g/mol. The maximum absolute atomic E-state index is 5.55. The van der Waals surface area contributed by atoms with Crippen LogP contribution in [-0.2, 0) is 0 Å². The van der Waals surface area contributed by atoms with E-state index in [1.165, 1.54) is 0 Å². The molecule has 19 heavy (non-hydrogen) atoms. The van der Waals surface area contributed by atoms with E-state index in [4.69, 9.17) is 5.73 Å². The van der Waals surface area contributed by atoms with Gasteiger partial charge in [0.15, 0.2) is 5.65 Å². The minimum absolute atomic E-state index is 0.267. The lowest BCUT2D eigenvalue weighted by molar-refractivity contribution is 1.10. The van der Waals surface area contributed by atoms with E-state index in [9.17, 15) is 0 Å². The van der Waals surface area contributed by atoms with E-state index in [2.05, 4.69) is 26.7 Å². The van der Waals surface area contributed by atoms with Gasteiger partial charge in [-0.3, -0.25) is 4.40 Å². The van der Waals surface area contributed by atoms with Gasteiger partial charge in [-0.15, -0.1) is 10.2 Å². The van der Waals surface area contributed by atoms with Crippen LogP contribution in [0.2, 0.25) is 0 Å². The van der Waals surface area contributed by atoms with Gasteiger partial charge >= 0.3 is 0 Å². The number of rotatable bonds is 2. The molecule has 3 aromatic heterocycles. The van der Waals surface area contributed by atoms with Crippen molar-refractivity contribution in [1.29, 1.82) is 0 Å². The molecule has 0 bridgehead atoms. The lowest BCUT2D eigenvalue weighted by Crippen LogP contribution is -2.01. The molecule has 0 fully saturated rings. The fraction of sp³-hybridized carbons (Fsp3) is 0.0769. The summed E-state index contributed by atoms with van der Waals surface area (Å²) in [5.74, 6) is 0.267. The molecular formula is C13H12N6. The van der Waals surface area contributed by atoms with Crippen molar-refractivity contribution in [2.45, 2.75) is 6.92 Å². The van der Waals surface area contributed by atoms with E-state index in [1.807, 2.05) is 29.7 Å². The molecule has 0 saturated heterocycles. The molecule has 0 unspecified atom stereocenters. The van der Waals surface area contributed by atoms with E-state index in [-0.39, 0.29) is 5.95 Å². The number of hydrogen-bond donors (Lipinski definition) is 1. The highest BCUT2D eigenvalue weighted by Gasteiger charge is 2.09. The van der Waals surface area contributed by atoms with E-state index < -0.39 is 0 Å². The fourth-order valence-electron chi connectivity index (χ4n) is 1.94. The van der Waals surface area contributed by atoms with Crippen LogP contribution in [0.3, 0.4) is 0 Å². The van der Waals surface area contributed by atoms with Crippen molar-refractivity contribution in [3.63, 3.8) is 0 Å². The Bertz CT molecular complexity index is 774. The Balaban J connectivity index is 2.07. The Labute approximate surface area is 109 Å². The molecule has 6 nitrogen and oxygen atoms in total. The molecule has 0 saturated carbocycles. The summed E-state index contributed by atoms with van der Waals surface area (Å²) in [4.78, 5) is 8.16. The first-order valence-corrected chi connectivity index (χ1v) is 5.73. The van der Waals surface area contributed by atoms with Crippen molar-refractivity contribution < 1.29 is 0 Å². The van der Waals surface area contributed by atoms with Crippen LogP contribution < -0.4 is 5.73 Å². The fourth-order valence-corrected chi connectivity index (χ4v) is 1.94. The van der Waals surface area contributed by atoms with Gasteiger partial charge in [0.05, 0.1) is 5.69 Å². The molecule has 0 aliphatic heterocycles. The van der Waals surface area contributed by atoms with Crippen LogP contribution in [-0.4, -0.2) is 24.6 Å². The Kier molecular flexibility index (Phi) is 2.49. The number of nitrogens with two attached hydrogens (primary N) is 1. The van der Waals surface area contributed by atoms with Crippen LogP contribution in [0.25, 0.3) is 11.2 Å². The Morgan fingerprint density at radius 2 is 2.21 bits per heavy atom. The number of aryl methyl sites for hydroxylation is 1. The van der Waals surface area contributed by atoms with Crippen molar-refractivity contribution in [3.05, 3.63) is 54.3 Å². The van der Waals surface area contributed by atoms with Crippen LogP contribution in [0.1, 0.15) is 16.8 Å². The average molecular weight is 252 g/mol. The maximum Gasteiger partial charge on any atom is 0.220 e. The molecule has 0 aliphatic rings. The quantitative estimate of drug-likeness (QED) is 0.746. The monoisotopic (exact) mass is 252 g/mol. The summed E-state index contributed by atoms with van der Waals surface area (Å²) in [6.45, 7) is 5.99. The van der Waals surface area contributed by atoms with Gasteiger partial charge in [-0.2, -0.15) is 0 Å². The largest absolute Gasteiger partial charge is 0.368 e. The highest BCUT2D eigenvalue weighted by molar-refractivity contribution is 5.79. The first-order valence-electron chi connectivity index (χ1n) is 5.73. The summed E-state index contributed by atoms with van der Waals surface area (Å²) in [7, 11) is 0. The number of nitrogen functional groups attached to an aromatic ring is 1. The SMILES string of the molecule is C=C(c1ccc2nncn2c1)c1cnc(N)nc1C. The third-order valence-electron chi connectivity index (χ3n) is 2.96. The topological polar surface area (TPSA) is 82.0 Å². The summed E-state index contributed by atoms with van der Waals surface area (Å²) in [6.07, 6.45) is 5.27. The molecule has 0 aromatic carbocycles. The molecule has 0 spiro atoms. The third-order valence-corrected chi connectivity index (χ3v) is 2.96. The number of anilines is 1. The molecule has 6 heteroatoms. The highest BCUT2D eigenvalue weighted by atomic mass is 15.2. The summed E-state index contributed by atoms with van der Waals surface area (Å²) in [5.41, 5.74) is 9.83. The van der Waals surface area contributed by atoms with Gasteiger partial charge in [-0.25, -0.2) is 9.97 Å². The standard InChI is InChI=1S/C13H12N6/c1-8(11-5-15-13(14)17-9(11)2)10-3-4-12-18-16-7-19(12)6-10/h3-7H,1H2,2H3,(H2,14,15,17).